The van der Waals surface area contributed by atoms with Crippen molar-refractivity contribution in [2.75, 3.05) is 0 Å². The van der Waals surface area contributed by atoms with Crippen LogP contribution in [0, 0.1) is 6.92 Å². The van der Waals surface area contributed by atoms with E-state index >= 15 is 0 Å². The number of aryl methyl sites for hydroxylation is 1. The molecule has 1 aromatic carbocycles. The van der Waals surface area contributed by atoms with Gasteiger partial charge in [0, 0.05) is 10.0 Å². The molecule has 0 aliphatic carbocycles. The van der Waals surface area contributed by atoms with Gasteiger partial charge in [0.1, 0.15) is 11.5 Å². The maximum absolute atomic E-state index is 5.69. The molecule has 2 aromatic rings. The fourth-order valence-electron chi connectivity index (χ4n) is 1.72. The van der Waals surface area contributed by atoms with Gasteiger partial charge < -0.3 is 14.9 Å². The van der Waals surface area contributed by atoms with Gasteiger partial charge in [0.2, 0.25) is 0 Å². The molecule has 0 fully saturated rings. The number of nitrogens with two attached hydrogens (primary N) is 1. The third kappa shape index (κ3) is 3.22. The number of benzene rings is 1. The smallest absolute Gasteiger partial charge is 0.118 e. The van der Waals surface area contributed by atoms with Gasteiger partial charge in [-0.25, -0.2) is 0 Å². The van der Waals surface area contributed by atoms with E-state index in [0.29, 0.717) is 19.8 Å². The van der Waals surface area contributed by atoms with Gasteiger partial charge in [-0.15, -0.1) is 0 Å². The Balaban J connectivity index is 1.92. The van der Waals surface area contributed by atoms with Gasteiger partial charge in [-0.3, -0.25) is 0 Å². The fourth-order valence-corrected chi connectivity index (χ4v) is 2.12. The van der Waals surface area contributed by atoms with Crippen molar-refractivity contribution < 1.29 is 9.15 Å². The van der Waals surface area contributed by atoms with E-state index in [-0.39, 0.29) is 0 Å². The summed E-state index contributed by atoms with van der Waals surface area (Å²) in [5.41, 5.74) is 7.73. The van der Waals surface area contributed by atoms with Gasteiger partial charge in [0.05, 0.1) is 19.8 Å². The predicted molar refractivity (Wildman–Crippen MR) is 74.0 cm³/mol. The lowest BCUT2D eigenvalue weighted by Crippen LogP contribution is -1.95. The van der Waals surface area contributed by atoms with Crippen LogP contribution < -0.4 is 5.73 Å². The van der Waals surface area contributed by atoms with Crippen LogP contribution in [0.15, 0.2) is 39.2 Å². The van der Waals surface area contributed by atoms with Gasteiger partial charge in [0.25, 0.3) is 0 Å². The molecule has 0 aliphatic heterocycles. The molecule has 0 radical (unpaired) electrons. The van der Waals surface area contributed by atoms with E-state index in [0.717, 1.165) is 27.1 Å². The summed E-state index contributed by atoms with van der Waals surface area (Å²) < 4.78 is 12.2. The average Bonchev–Trinajstić information content (AvgIpc) is 2.73. The Morgan fingerprint density at radius 3 is 2.61 bits per heavy atom. The molecule has 3 nitrogen and oxygen atoms in total. The molecule has 0 unspecified atom stereocenters. The standard InChI is InChI=1S/C14H16BrNO2/c1-10-12(6-13(7-16)18-10)9-17-8-11-4-2-3-5-14(11)15/h2-6H,7-9,16H2,1H3. The molecule has 0 bridgehead atoms. The summed E-state index contributed by atoms with van der Waals surface area (Å²) in [5.74, 6) is 1.68. The number of ether oxygens (including phenoxy) is 1. The molecule has 18 heavy (non-hydrogen) atoms. The predicted octanol–water partition coefficient (Wildman–Crippen LogP) is 3.53. The zero-order valence-corrected chi connectivity index (χ0v) is 11.9. The molecular weight excluding hydrogens is 294 g/mol. The molecule has 0 saturated carbocycles. The summed E-state index contributed by atoms with van der Waals surface area (Å²) in [6, 6.07) is 9.99. The van der Waals surface area contributed by atoms with E-state index < -0.39 is 0 Å². The van der Waals surface area contributed by atoms with Crippen LogP contribution in [0.5, 0.6) is 0 Å². The van der Waals surface area contributed by atoms with Crippen molar-refractivity contribution in [2.24, 2.45) is 5.73 Å². The lowest BCUT2D eigenvalue weighted by atomic mass is 10.2. The second-order valence-corrected chi connectivity index (χ2v) is 4.94. The molecule has 0 spiro atoms. The van der Waals surface area contributed by atoms with Crippen molar-refractivity contribution in [3.8, 4) is 0 Å². The summed E-state index contributed by atoms with van der Waals surface area (Å²) in [5, 5.41) is 0. The van der Waals surface area contributed by atoms with Crippen molar-refractivity contribution in [1.82, 2.24) is 0 Å². The van der Waals surface area contributed by atoms with Crippen LogP contribution in [0.1, 0.15) is 22.6 Å². The van der Waals surface area contributed by atoms with Gasteiger partial charge in [-0.2, -0.15) is 0 Å². The molecule has 0 saturated heterocycles. The molecule has 96 valence electrons. The van der Waals surface area contributed by atoms with E-state index in [9.17, 15) is 0 Å². The fraction of sp³-hybridized carbons (Fsp3) is 0.286. The monoisotopic (exact) mass is 309 g/mol. The Morgan fingerprint density at radius 2 is 1.94 bits per heavy atom. The molecule has 0 atom stereocenters. The largest absolute Gasteiger partial charge is 0.465 e. The van der Waals surface area contributed by atoms with E-state index in [1.807, 2.05) is 37.3 Å². The van der Waals surface area contributed by atoms with Crippen LogP contribution >= 0.6 is 15.9 Å². The molecule has 2 N–H and O–H groups in total. The lowest BCUT2D eigenvalue weighted by molar-refractivity contribution is 0.106. The lowest BCUT2D eigenvalue weighted by Gasteiger charge is -2.05. The highest BCUT2D eigenvalue weighted by Gasteiger charge is 2.06. The van der Waals surface area contributed by atoms with Crippen molar-refractivity contribution in [3.63, 3.8) is 0 Å². The van der Waals surface area contributed by atoms with Gasteiger partial charge in [0.15, 0.2) is 0 Å². The zero-order valence-electron chi connectivity index (χ0n) is 10.3. The summed E-state index contributed by atoms with van der Waals surface area (Å²) in [6.07, 6.45) is 0. The highest BCUT2D eigenvalue weighted by molar-refractivity contribution is 9.10. The Kier molecular flexibility index (Phi) is 4.58. The Labute approximate surface area is 115 Å². The number of halogens is 1. The highest BCUT2D eigenvalue weighted by atomic mass is 79.9. The third-order valence-corrected chi connectivity index (χ3v) is 3.52. The minimum atomic E-state index is 0.422. The normalized spacial score (nSPS) is 10.8. The number of furan rings is 1. The maximum Gasteiger partial charge on any atom is 0.118 e. The Morgan fingerprint density at radius 1 is 1.22 bits per heavy atom. The van der Waals surface area contributed by atoms with Gasteiger partial charge in [-0.05, 0) is 24.6 Å². The van der Waals surface area contributed by atoms with Crippen LogP contribution in [0.2, 0.25) is 0 Å². The first kappa shape index (κ1) is 13.3. The Hall–Kier alpha value is -1.10. The average molecular weight is 310 g/mol. The van der Waals surface area contributed by atoms with Gasteiger partial charge in [-0.1, -0.05) is 34.1 Å². The first-order chi connectivity index (χ1) is 8.70. The van der Waals surface area contributed by atoms with E-state index in [2.05, 4.69) is 15.9 Å². The van der Waals surface area contributed by atoms with Crippen LogP contribution in [0.3, 0.4) is 0 Å². The summed E-state index contributed by atoms with van der Waals surface area (Å²) in [4.78, 5) is 0. The minimum Gasteiger partial charge on any atom is -0.465 e. The van der Waals surface area contributed by atoms with Crippen molar-refractivity contribution in [3.05, 3.63) is 57.5 Å². The van der Waals surface area contributed by atoms with Crippen molar-refractivity contribution in [1.29, 1.82) is 0 Å². The second-order valence-electron chi connectivity index (χ2n) is 4.08. The van der Waals surface area contributed by atoms with Gasteiger partial charge >= 0.3 is 0 Å². The van der Waals surface area contributed by atoms with Crippen molar-refractivity contribution >= 4 is 15.9 Å². The van der Waals surface area contributed by atoms with E-state index in [1.54, 1.807) is 0 Å². The summed E-state index contributed by atoms with van der Waals surface area (Å²) in [7, 11) is 0. The minimum absolute atomic E-state index is 0.422. The molecule has 0 aliphatic rings. The first-order valence-electron chi connectivity index (χ1n) is 5.80. The third-order valence-electron chi connectivity index (χ3n) is 2.75. The van der Waals surface area contributed by atoms with Crippen LogP contribution in [0.25, 0.3) is 0 Å². The molecule has 0 amide bonds. The zero-order chi connectivity index (χ0) is 13.0. The Bertz CT molecular complexity index is 522. The maximum atomic E-state index is 5.69. The number of hydrogen-bond donors (Lipinski definition) is 1. The molecule has 1 aromatic heterocycles. The molecule has 4 heteroatoms. The number of rotatable bonds is 5. The van der Waals surface area contributed by atoms with E-state index in [1.165, 1.54) is 0 Å². The molecular formula is C14H16BrNO2. The number of hydrogen-bond acceptors (Lipinski definition) is 3. The summed E-state index contributed by atoms with van der Waals surface area (Å²) in [6.45, 7) is 3.46. The summed E-state index contributed by atoms with van der Waals surface area (Å²) >= 11 is 3.50. The second kappa shape index (κ2) is 6.18. The molecule has 2 rings (SSSR count). The van der Waals surface area contributed by atoms with Crippen LogP contribution in [-0.4, -0.2) is 0 Å². The van der Waals surface area contributed by atoms with E-state index in [4.69, 9.17) is 14.9 Å². The first-order valence-corrected chi connectivity index (χ1v) is 6.59. The molecule has 1 heterocycles. The highest BCUT2D eigenvalue weighted by Crippen LogP contribution is 2.19. The van der Waals surface area contributed by atoms with Crippen LogP contribution in [-0.2, 0) is 24.5 Å². The van der Waals surface area contributed by atoms with Crippen molar-refractivity contribution in [2.45, 2.75) is 26.7 Å². The SMILES string of the molecule is Cc1oc(CN)cc1COCc1ccccc1Br. The quantitative estimate of drug-likeness (QED) is 0.919. The van der Waals surface area contributed by atoms with Crippen LogP contribution in [0.4, 0.5) is 0 Å². The topological polar surface area (TPSA) is 48.4 Å².